The summed E-state index contributed by atoms with van der Waals surface area (Å²) in [6, 6.07) is 7.00. The van der Waals surface area contributed by atoms with Crippen molar-refractivity contribution < 1.29 is 23.8 Å². The van der Waals surface area contributed by atoms with Crippen LogP contribution in [0, 0.1) is 0 Å². The molecule has 4 heterocycles. The number of aliphatic hydroxyl groups excluding tert-OH is 1. The summed E-state index contributed by atoms with van der Waals surface area (Å²) in [5.74, 6) is -0.549. The molecule has 1 amide bonds. The van der Waals surface area contributed by atoms with Crippen LogP contribution in [0.4, 0.5) is 0 Å². The van der Waals surface area contributed by atoms with Gasteiger partial charge in [0.05, 0.1) is 19.5 Å². The van der Waals surface area contributed by atoms with Crippen LogP contribution >= 0.6 is 0 Å². The molecule has 5 rings (SSSR count). The number of amides is 1. The second-order valence-electron chi connectivity index (χ2n) is 10.8. The van der Waals surface area contributed by atoms with Gasteiger partial charge in [0.25, 0.3) is 0 Å². The molecular weight excluding hydrogens is 466 g/mol. The fourth-order valence-electron chi connectivity index (χ4n) is 4.54. The average molecular weight is 498 g/mol. The Morgan fingerprint density at radius 1 is 1.29 bits per heavy atom. The number of nitrogens with zero attached hydrogens (tertiary/aromatic N) is 4. The molecule has 0 aliphatic carbocycles. The summed E-state index contributed by atoms with van der Waals surface area (Å²) in [5.41, 5.74) is 7.08. The molecule has 2 aromatic heterocycles. The highest BCUT2D eigenvalue weighted by atomic mass is 28.4. The molecule has 3 N–H and O–H groups in total. The summed E-state index contributed by atoms with van der Waals surface area (Å²) in [7, 11) is -2.18. The zero-order valence-electron chi connectivity index (χ0n) is 20.6. The lowest BCUT2D eigenvalue weighted by Crippen LogP contribution is -2.52. The molecule has 186 valence electrons. The van der Waals surface area contributed by atoms with E-state index in [2.05, 4.69) is 48.8 Å². The highest BCUT2D eigenvalue weighted by Gasteiger charge is 2.64. The first-order valence-corrected chi connectivity index (χ1v) is 14.5. The Morgan fingerprint density at radius 2 is 2.03 bits per heavy atom. The molecule has 0 spiro atoms. The third-order valence-corrected chi connectivity index (χ3v) is 12.0. The van der Waals surface area contributed by atoms with Gasteiger partial charge in [0, 0.05) is 11.1 Å². The second kappa shape index (κ2) is 8.17. The molecule has 0 unspecified atom stereocenters. The summed E-state index contributed by atoms with van der Waals surface area (Å²) in [6.07, 6.45) is 1.59. The molecule has 0 saturated carbocycles. The van der Waals surface area contributed by atoms with Crippen molar-refractivity contribution in [2.24, 2.45) is 5.73 Å². The smallest absolute Gasteiger partial charge is 0.249 e. The van der Waals surface area contributed by atoms with Crippen LogP contribution < -0.4 is 5.73 Å². The number of carbonyl (C=O) groups is 1. The Morgan fingerprint density at radius 3 is 2.71 bits per heavy atom. The van der Waals surface area contributed by atoms with E-state index in [0.717, 1.165) is 0 Å². The summed E-state index contributed by atoms with van der Waals surface area (Å²) < 4.78 is 21.1. The topological polar surface area (TPSA) is 135 Å². The van der Waals surface area contributed by atoms with Crippen LogP contribution in [0.2, 0.25) is 18.1 Å². The maximum atomic E-state index is 12.0. The first-order chi connectivity index (χ1) is 16.5. The third kappa shape index (κ3) is 3.69. The predicted molar refractivity (Wildman–Crippen MR) is 131 cm³/mol. The van der Waals surface area contributed by atoms with E-state index in [1.54, 1.807) is 29.1 Å². The fourth-order valence-corrected chi connectivity index (χ4v) is 5.88. The predicted octanol–water partition coefficient (Wildman–Crippen LogP) is 2.64. The lowest BCUT2D eigenvalue weighted by atomic mass is 10.0. The minimum atomic E-state index is -2.18. The van der Waals surface area contributed by atoms with Crippen LogP contribution in [0.5, 0.6) is 0 Å². The Kier molecular flexibility index (Phi) is 5.61. The summed E-state index contributed by atoms with van der Waals surface area (Å²) in [4.78, 5) is 25.4. The summed E-state index contributed by atoms with van der Waals surface area (Å²) in [5, 5.41) is 10.3. The van der Waals surface area contributed by atoms with E-state index in [0.29, 0.717) is 28.0 Å². The number of ether oxygens (including phenoxy) is 2. The van der Waals surface area contributed by atoms with E-state index in [-0.39, 0.29) is 18.3 Å². The van der Waals surface area contributed by atoms with E-state index >= 15 is 0 Å². The maximum Gasteiger partial charge on any atom is 0.249 e. The molecule has 1 aromatic carbocycles. The largest absolute Gasteiger partial charge is 0.408 e. The quantitative estimate of drug-likeness (QED) is 0.496. The van der Waals surface area contributed by atoms with Gasteiger partial charge in [-0.2, -0.15) is 0 Å². The van der Waals surface area contributed by atoms with Crippen molar-refractivity contribution in [1.29, 1.82) is 0 Å². The van der Waals surface area contributed by atoms with Crippen LogP contribution in [0.1, 0.15) is 37.4 Å². The van der Waals surface area contributed by atoms with Gasteiger partial charge in [-0.15, -0.1) is 0 Å². The molecule has 2 fully saturated rings. The number of aliphatic hydroxyl groups is 1. The third-order valence-electron chi connectivity index (χ3n) is 7.55. The van der Waals surface area contributed by atoms with Crippen LogP contribution in [0.25, 0.3) is 22.4 Å². The summed E-state index contributed by atoms with van der Waals surface area (Å²) in [6.45, 7) is 10.9. The normalized spacial score (nSPS) is 26.5. The number of benzene rings is 1. The number of rotatable bonds is 6. The van der Waals surface area contributed by atoms with Crippen molar-refractivity contribution in [2.45, 2.75) is 62.9 Å². The van der Waals surface area contributed by atoms with Crippen LogP contribution in [-0.2, 0) is 13.9 Å². The van der Waals surface area contributed by atoms with Crippen LogP contribution in [0.15, 0.2) is 36.9 Å². The van der Waals surface area contributed by atoms with E-state index in [4.69, 9.17) is 19.6 Å². The van der Waals surface area contributed by atoms with Gasteiger partial charge in [-0.1, -0.05) is 39.0 Å². The van der Waals surface area contributed by atoms with Gasteiger partial charge in [0.2, 0.25) is 5.91 Å². The van der Waals surface area contributed by atoms with Gasteiger partial charge in [-0.05, 0) is 24.2 Å². The van der Waals surface area contributed by atoms with Gasteiger partial charge in [0.15, 0.2) is 20.2 Å². The summed E-state index contributed by atoms with van der Waals surface area (Å²) >= 11 is 0. The number of imidazole rings is 1. The highest BCUT2D eigenvalue weighted by Crippen LogP contribution is 2.50. The average Bonchev–Trinajstić information content (AvgIpc) is 3.48. The minimum absolute atomic E-state index is 0.0151. The second-order valence-corrected chi connectivity index (χ2v) is 15.5. The number of carbonyl (C=O) groups excluding carboxylic acids is 1. The number of hydrogen-bond donors (Lipinski definition) is 2. The minimum Gasteiger partial charge on any atom is -0.408 e. The molecule has 2 bridgehead atoms. The number of aromatic nitrogens is 4. The lowest BCUT2D eigenvalue weighted by Gasteiger charge is -2.40. The van der Waals surface area contributed by atoms with Crippen molar-refractivity contribution in [3.63, 3.8) is 0 Å². The fraction of sp³-hybridized carbons (Fsp3) is 0.500. The van der Waals surface area contributed by atoms with E-state index in [1.165, 1.54) is 6.33 Å². The Labute approximate surface area is 204 Å². The molecule has 4 atom stereocenters. The van der Waals surface area contributed by atoms with Gasteiger partial charge in [-0.3, -0.25) is 9.36 Å². The van der Waals surface area contributed by atoms with Crippen molar-refractivity contribution >= 4 is 25.4 Å². The SMILES string of the molecule is CC(C)(C)[Si](C)(C)O[C@H]1[C@H]2OC[C@]1(CO)O[C@H]2n1cnc2c(-c3ccccc3C(N)=O)ncnc21. The van der Waals surface area contributed by atoms with Gasteiger partial charge in [-0.25, -0.2) is 15.0 Å². The molecule has 3 aromatic rings. The lowest BCUT2D eigenvalue weighted by molar-refractivity contribution is -0.185. The standard InChI is InChI=1S/C24H31N5O5Si/c1-23(2,3)35(4,5)34-19-18-22(33-24(19,10-30)11-32-18)29-13-28-17-16(26-12-27-21(17)29)14-8-6-7-9-15(14)20(25)31/h6-9,12-13,18-19,22,30H,10-11H2,1-5H3,(H2,25,31)/t18-,19+,22-,24+/m1/s1. The molecule has 2 saturated heterocycles. The van der Waals surface area contributed by atoms with E-state index in [1.807, 2.05) is 6.07 Å². The first-order valence-electron chi connectivity index (χ1n) is 11.6. The van der Waals surface area contributed by atoms with E-state index in [9.17, 15) is 9.90 Å². The number of nitrogens with two attached hydrogens (primary N) is 1. The van der Waals surface area contributed by atoms with Gasteiger partial charge < -0.3 is 24.7 Å². The highest BCUT2D eigenvalue weighted by molar-refractivity contribution is 6.74. The Hall–Kier alpha value is -2.70. The molecule has 2 aliphatic rings. The molecule has 11 heteroatoms. The van der Waals surface area contributed by atoms with Crippen LogP contribution in [0.3, 0.4) is 0 Å². The molecule has 0 radical (unpaired) electrons. The number of fused-ring (bicyclic) bond motifs is 3. The first kappa shape index (κ1) is 24.0. The van der Waals surface area contributed by atoms with Gasteiger partial charge >= 0.3 is 0 Å². The molecule has 35 heavy (non-hydrogen) atoms. The van der Waals surface area contributed by atoms with E-state index < -0.39 is 38.3 Å². The number of hydrogen-bond acceptors (Lipinski definition) is 8. The van der Waals surface area contributed by atoms with Gasteiger partial charge in [0.1, 0.15) is 35.3 Å². The Bertz CT molecular complexity index is 1290. The Balaban J connectivity index is 1.55. The van der Waals surface area contributed by atoms with Crippen molar-refractivity contribution in [1.82, 2.24) is 19.5 Å². The zero-order chi connectivity index (χ0) is 25.2. The van der Waals surface area contributed by atoms with Crippen molar-refractivity contribution in [3.8, 4) is 11.3 Å². The van der Waals surface area contributed by atoms with Crippen molar-refractivity contribution in [3.05, 3.63) is 42.5 Å². The molecule has 2 aliphatic heterocycles. The maximum absolute atomic E-state index is 12.0. The van der Waals surface area contributed by atoms with Crippen LogP contribution in [-0.4, -0.2) is 69.9 Å². The molecular formula is C24H31N5O5Si. The zero-order valence-corrected chi connectivity index (χ0v) is 21.6. The van der Waals surface area contributed by atoms with Crippen molar-refractivity contribution in [2.75, 3.05) is 13.2 Å². The molecule has 10 nitrogen and oxygen atoms in total. The monoisotopic (exact) mass is 497 g/mol. The number of primary amides is 1.